The molecular weight excluding hydrogens is 262 g/mol. The van der Waals surface area contributed by atoms with Crippen LogP contribution in [0.4, 0.5) is 5.13 Å². The number of amides is 1. The standard InChI is InChI=1S/C13H19N3O2S/c17-12(10-2-1-3-10)15-13-14-11(9-19-13)8-16-4-6-18-7-5-16/h9-10H,1-8H2,(H,14,15,17). The second kappa shape index (κ2) is 5.98. The summed E-state index contributed by atoms with van der Waals surface area (Å²) < 4.78 is 5.32. The van der Waals surface area contributed by atoms with E-state index in [9.17, 15) is 4.79 Å². The van der Waals surface area contributed by atoms with Crippen LogP contribution in [0.5, 0.6) is 0 Å². The third kappa shape index (κ3) is 3.32. The van der Waals surface area contributed by atoms with Gasteiger partial charge >= 0.3 is 0 Å². The van der Waals surface area contributed by atoms with E-state index in [1.54, 1.807) is 0 Å². The van der Waals surface area contributed by atoms with Gasteiger partial charge in [0.1, 0.15) is 0 Å². The Morgan fingerprint density at radius 3 is 2.95 bits per heavy atom. The number of carbonyl (C=O) groups excluding carboxylic acids is 1. The molecule has 1 saturated carbocycles. The first kappa shape index (κ1) is 13.0. The van der Waals surface area contributed by atoms with Gasteiger partial charge in [0.05, 0.1) is 18.9 Å². The van der Waals surface area contributed by atoms with E-state index < -0.39 is 0 Å². The molecule has 5 nitrogen and oxygen atoms in total. The maximum absolute atomic E-state index is 11.8. The second-order valence-corrected chi connectivity index (χ2v) is 6.01. The third-order valence-electron chi connectivity index (χ3n) is 3.75. The molecule has 0 atom stereocenters. The summed E-state index contributed by atoms with van der Waals surface area (Å²) in [5, 5.41) is 5.70. The lowest BCUT2D eigenvalue weighted by Gasteiger charge is -2.25. The number of nitrogens with zero attached hydrogens (tertiary/aromatic N) is 2. The van der Waals surface area contributed by atoms with Gasteiger partial charge in [-0.15, -0.1) is 11.3 Å². The predicted molar refractivity (Wildman–Crippen MR) is 74.2 cm³/mol. The number of rotatable bonds is 4. The van der Waals surface area contributed by atoms with Crippen LogP contribution < -0.4 is 5.32 Å². The van der Waals surface area contributed by atoms with Crippen molar-refractivity contribution in [2.45, 2.75) is 25.8 Å². The van der Waals surface area contributed by atoms with Gasteiger partial charge in [0.2, 0.25) is 5.91 Å². The van der Waals surface area contributed by atoms with E-state index in [0.29, 0.717) is 0 Å². The van der Waals surface area contributed by atoms with Crippen LogP contribution >= 0.6 is 11.3 Å². The van der Waals surface area contributed by atoms with E-state index in [0.717, 1.165) is 56.5 Å². The molecule has 1 amide bonds. The molecule has 0 bridgehead atoms. The summed E-state index contributed by atoms with van der Waals surface area (Å²) in [5.41, 5.74) is 1.04. The van der Waals surface area contributed by atoms with Gasteiger partial charge < -0.3 is 10.1 Å². The molecule has 0 aromatic carbocycles. The zero-order valence-corrected chi connectivity index (χ0v) is 11.7. The van der Waals surface area contributed by atoms with Crippen molar-refractivity contribution in [1.29, 1.82) is 0 Å². The Labute approximate surface area is 117 Å². The molecule has 2 fully saturated rings. The van der Waals surface area contributed by atoms with E-state index in [1.807, 2.05) is 5.38 Å². The van der Waals surface area contributed by atoms with Gasteiger partial charge in [-0.3, -0.25) is 9.69 Å². The first-order valence-electron chi connectivity index (χ1n) is 6.86. The van der Waals surface area contributed by atoms with E-state index in [-0.39, 0.29) is 11.8 Å². The number of hydrogen-bond acceptors (Lipinski definition) is 5. The highest BCUT2D eigenvalue weighted by Gasteiger charge is 2.25. The van der Waals surface area contributed by atoms with Gasteiger partial charge in [0.15, 0.2) is 5.13 Å². The van der Waals surface area contributed by atoms with Crippen molar-refractivity contribution in [2.75, 3.05) is 31.6 Å². The van der Waals surface area contributed by atoms with Crippen molar-refractivity contribution in [3.63, 3.8) is 0 Å². The predicted octanol–water partition coefficient (Wildman–Crippen LogP) is 1.71. The summed E-state index contributed by atoms with van der Waals surface area (Å²) in [6, 6.07) is 0. The van der Waals surface area contributed by atoms with Crippen LogP contribution in [0.2, 0.25) is 0 Å². The van der Waals surface area contributed by atoms with Crippen LogP contribution in [0.25, 0.3) is 0 Å². The molecule has 104 valence electrons. The fourth-order valence-electron chi connectivity index (χ4n) is 2.30. The smallest absolute Gasteiger partial charge is 0.229 e. The largest absolute Gasteiger partial charge is 0.379 e. The van der Waals surface area contributed by atoms with Crippen molar-refractivity contribution in [2.24, 2.45) is 5.92 Å². The quantitative estimate of drug-likeness (QED) is 0.913. The van der Waals surface area contributed by atoms with E-state index >= 15 is 0 Å². The summed E-state index contributed by atoms with van der Waals surface area (Å²) in [7, 11) is 0. The minimum absolute atomic E-state index is 0.138. The van der Waals surface area contributed by atoms with Gasteiger partial charge in [-0.05, 0) is 12.8 Å². The zero-order valence-electron chi connectivity index (χ0n) is 10.9. The highest BCUT2D eigenvalue weighted by atomic mass is 32.1. The number of carbonyl (C=O) groups is 1. The number of morpholine rings is 1. The molecule has 1 aromatic heterocycles. The highest BCUT2D eigenvalue weighted by molar-refractivity contribution is 7.13. The SMILES string of the molecule is O=C(Nc1nc(CN2CCOCC2)cs1)C1CCC1. The molecule has 1 N–H and O–H groups in total. The van der Waals surface area contributed by atoms with Crippen molar-refractivity contribution in [1.82, 2.24) is 9.88 Å². The normalized spacial score (nSPS) is 21.1. The highest BCUT2D eigenvalue weighted by Crippen LogP contribution is 2.28. The second-order valence-electron chi connectivity index (χ2n) is 5.15. The summed E-state index contributed by atoms with van der Waals surface area (Å²) in [6.45, 7) is 4.37. The Balaban J connectivity index is 1.52. The molecule has 2 heterocycles. The maximum atomic E-state index is 11.8. The van der Waals surface area contributed by atoms with E-state index in [4.69, 9.17) is 4.74 Å². The molecule has 0 unspecified atom stereocenters. The number of thiazole rings is 1. The van der Waals surface area contributed by atoms with Gasteiger partial charge in [-0.1, -0.05) is 6.42 Å². The zero-order chi connectivity index (χ0) is 13.1. The molecule has 0 radical (unpaired) electrons. The number of nitrogens with one attached hydrogen (secondary N) is 1. The molecule has 1 saturated heterocycles. The van der Waals surface area contributed by atoms with Crippen molar-refractivity contribution in [3.8, 4) is 0 Å². The van der Waals surface area contributed by atoms with Crippen LogP contribution in [0.1, 0.15) is 25.0 Å². The van der Waals surface area contributed by atoms with E-state index in [1.165, 1.54) is 17.8 Å². The Hall–Kier alpha value is -0.980. The van der Waals surface area contributed by atoms with Gasteiger partial charge in [-0.25, -0.2) is 4.98 Å². The van der Waals surface area contributed by atoms with Crippen LogP contribution in [0.3, 0.4) is 0 Å². The van der Waals surface area contributed by atoms with Crippen LogP contribution in [-0.2, 0) is 16.1 Å². The molecular formula is C13H19N3O2S. The van der Waals surface area contributed by atoms with Crippen molar-refractivity contribution < 1.29 is 9.53 Å². The number of ether oxygens (including phenoxy) is 1. The molecule has 1 aliphatic heterocycles. The molecule has 3 rings (SSSR count). The molecule has 2 aliphatic rings. The maximum Gasteiger partial charge on any atom is 0.229 e. The monoisotopic (exact) mass is 281 g/mol. The third-order valence-corrected chi connectivity index (χ3v) is 4.55. The minimum Gasteiger partial charge on any atom is -0.379 e. The lowest BCUT2D eigenvalue weighted by molar-refractivity contribution is -0.122. The topological polar surface area (TPSA) is 54.5 Å². The molecule has 1 aromatic rings. The molecule has 6 heteroatoms. The lowest BCUT2D eigenvalue weighted by Crippen LogP contribution is -2.35. The fraction of sp³-hybridized carbons (Fsp3) is 0.692. The fourth-order valence-corrected chi connectivity index (χ4v) is 3.01. The molecule has 1 aliphatic carbocycles. The Bertz CT molecular complexity index is 439. The van der Waals surface area contributed by atoms with Gasteiger partial charge in [0, 0.05) is 30.9 Å². The Kier molecular flexibility index (Phi) is 4.10. The first-order chi connectivity index (χ1) is 9.31. The molecule has 0 spiro atoms. The Morgan fingerprint density at radius 1 is 1.47 bits per heavy atom. The number of anilines is 1. The summed E-state index contributed by atoms with van der Waals surface area (Å²) in [6.07, 6.45) is 3.23. The van der Waals surface area contributed by atoms with Crippen LogP contribution in [-0.4, -0.2) is 42.1 Å². The summed E-state index contributed by atoms with van der Waals surface area (Å²) in [5.74, 6) is 0.352. The van der Waals surface area contributed by atoms with Crippen molar-refractivity contribution >= 4 is 22.4 Å². The summed E-state index contributed by atoms with van der Waals surface area (Å²) >= 11 is 1.52. The number of hydrogen-bond donors (Lipinski definition) is 1. The van der Waals surface area contributed by atoms with Crippen LogP contribution in [0.15, 0.2) is 5.38 Å². The average molecular weight is 281 g/mol. The van der Waals surface area contributed by atoms with Crippen molar-refractivity contribution in [3.05, 3.63) is 11.1 Å². The van der Waals surface area contributed by atoms with Crippen LogP contribution in [0, 0.1) is 5.92 Å². The summed E-state index contributed by atoms with van der Waals surface area (Å²) in [4.78, 5) is 18.6. The minimum atomic E-state index is 0.138. The average Bonchev–Trinajstić information content (AvgIpc) is 2.75. The Morgan fingerprint density at radius 2 is 2.26 bits per heavy atom. The van der Waals surface area contributed by atoms with Gasteiger partial charge in [-0.2, -0.15) is 0 Å². The number of aromatic nitrogens is 1. The molecule has 19 heavy (non-hydrogen) atoms. The first-order valence-corrected chi connectivity index (χ1v) is 7.74. The van der Waals surface area contributed by atoms with E-state index in [2.05, 4.69) is 15.2 Å². The lowest BCUT2D eigenvalue weighted by atomic mass is 9.85. The van der Waals surface area contributed by atoms with Gasteiger partial charge in [0.25, 0.3) is 0 Å².